The third-order valence-corrected chi connectivity index (χ3v) is 4.73. The van der Waals surface area contributed by atoms with Gasteiger partial charge in [-0.1, -0.05) is 38.8 Å². The molecule has 20 heavy (non-hydrogen) atoms. The fourth-order valence-electron chi connectivity index (χ4n) is 3.48. The van der Waals surface area contributed by atoms with Crippen LogP contribution in [-0.4, -0.2) is 11.0 Å². The molecule has 110 valence electrons. The van der Waals surface area contributed by atoms with E-state index < -0.39 is 0 Å². The highest BCUT2D eigenvalue weighted by Gasteiger charge is 2.35. The summed E-state index contributed by atoms with van der Waals surface area (Å²) in [5, 5.41) is 10.6. The Kier molecular flexibility index (Phi) is 4.43. The van der Waals surface area contributed by atoms with Crippen molar-refractivity contribution in [2.45, 2.75) is 52.0 Å². The van der Waals surface area contributed by atoms with Crippen LogP contribution in [0.4, 0.5) is 5.69 Å². The summed E-state index contributed by atoms with van der Waals surface area (Å²) in [6.07, 6.45) is 5.80. The van der Waals surface area contributed by atoms with E-state index in [9.17, 15) is 10.1 Å². The Morgan fingerprint density at radius 3 is 2.55 bits per heavy atom. The van der Waals surface area contributed by atoms with Crippen molar-refractivity contribution < 1.29 is 4.92 Å². The Balaban J connectivity index is 2.03. The van der Waals surface area contributed by atoms with E-state index in [1.54, 1.807) is 12.1 Å². The lowest BCUT2D eigenvalue weighted by molar-refractivity contribution is -0.384. The van der Waals surface area contributed by atoms with Gasteiger partial charge in [-0.3, -0.25) is 10.1 Å². The SMILES string of the molecule is CC1(C)CCCCC1C(N)Cc1ccc([N+](=O)[O-])cc1. The van der Waals surface area contributed by atoms with E-state index in [4.69, 9.17) is 5.73 Å². The zero-order valence-corrected chi connectivity index (χ0v) is 12.3. The summed E-state index contributed by atoms with van der Waals surface area (Å²) in [6.45, 7) is 4.62. The van der Waals surface area contributed by atoms with E-state index in [0.29, 0.717) is 11.3 Å². The van der Waals surface area contributed by atoms with Crippen molar-refractivity contribution in [1.82, 2.24) is 0 Å². The minimum absolute atomic E-state index is 0.131. The van der Waals surface area contributed by atoms with E-state index in [0.717, 1.165) is 12.0 Å². The molecule has 4 heteroatoms. The molecule has 1 aromatic rings. The van der Waals surface area contributed by atoms with E-state index >= 15 is 0 Å². The molecule has 2 N–H and O–H groups in total. The first-order chi connectivity index (χ1) is 9.40. The predicted octanol–water partition coefficient (Wildman–Crippen LogP) is 3.68. The maximum absolute atomic E-state index is 10.6. The van der Waals surface area contributed by atoms with Gasteiger partial charge < -0.3 is 5.73 Å². The summed E-state index contributed by atoms with van der Waals surface area (Å²) < 4.78 is 0. The Bertz CT molecular complexity index is 468. The molecule has 1 aromatic carbocycles. The second kappa shape index (κ2) is 5.92. The lowest BCUT2D eigenvalue weighted by atomic mass is 9.65. The molecule has 0 aromatic heterocycles. The standard InChI is InChI=1S/C16H24N2O2/c1-16(2)10-4-3-5-14(16)15(17)11-12-6-8-13(9-7-12)18(19)20/h6-9,14-15H,3-5,10-11,17H2,1-2H3. The molecule has 0 amide bonds. The number of nitrogens with zero attached hydrogens (tertiary/aromatic N) is 1. The molecule has 2 atom stereocenters. The van der Waals surface area contributed by atoms with Crippen molar-refractivity contribution in [3.63, 3.8) is 0 Å². The van der Waals surface area contributed by atoms with Gasteiger partial charge in [0.25, 0.3) is 5.69 Å². The molecule has 1 aliphatic carbocycles. The van der Waals surface area contributed by atoms with Gasteiger partial charge in [-0.15, -0.1) is 0 Å². The van der Waals surface area contributed by atoms with Gasteiger partial charge >= 0.3 is 0 Å². The molecule has 4 nitrogen and oxygen atoms in total. The van der Waals surface area contributed by atoms with Crippen LogP contribution < -0.4 is 5.73 Å². The van der Waals surface area contributed by atoms with Gasteiger partial charge in [0.1, 0.15) is 0 Å². The van der Waals surface area contributed by atoms with Crippen LogP contribution >= 0.6 is 0 Å². The van der Waals surface area contributed by atoms with Gasteiger partial charge in [-0.05, 0) is 36.2 Å². The minimum atomic E-state index is -0.367. The Morgan fingerprint density at radius 1 is 1.35 bits per heavy atom. The lowest BCUT2D eigenvalue weighted by Crippen LogP contribution is -2.42. The summed E-state index contributed by atoms with van der Waals surface area (Å²) in [7, 11) is 0. The third kappa shape index (κ3) is 3.37. The minimum Gasteiger partial charge on any atom is -0.327 e. The second-order valence-corrected chi connectivity index (χ2v) is 6.63. The normalized spacial score (nSPS) is 23.2. The topological polar surface area (TPSA) is 69.2 Å². The molecule has 0 bridgehead atoms. The lowest BCUT2D eigenvalue weighted by Gasteiger charge is -2.42. The number of hydrogen-bond donors (Lipinski definition) is 1. The van der Waals surface area contributed by atoms with Gasteiger partial charge in [-0.2, -0.15) is 0 Å². The van der Waals surface area contributed by atoms with Crippen LogP contribution in [0.5, 0.6) is 0 Å². The van der Waals surface area contributed by atoms with Crippen LogP contribution in [0.25, 0.3) is 0 Å². The first-order valence-electron chi connectivity index (χ1n) is 7.39. The average molecular weight is 276 g/mol. The summed E-state index contributed by atoms with van der Waals surface area (Å²) in [4.78, 5) is 10.3. The van der Waals surface area contributed by atoms with Crippen molar-refractivity contribution in [3.8, 4) is 0 Å². The van der Waals surface area contributed by atoms with E-state index in [1.807, 2.05) is 12.1 Å². The number of rotatable bonds is 4. The van der Waals surface area contributed by atoms with E-state index in [2.05, 4.69) is 13.8 Å². The second-order valence-electron chi connectivity index (χ2n) is 6.63. The van der Waals surface area contributed by atoms with Crippen LogP contribution in [0, 0.1) is 21.4 Å². The smallest absolute Gasteiger partial charge is 0.269 e. The zero-order valence-electron chi connectivity index (χ0n) is 12.3. The quantitative estimate of drug-likeness (QED) is 0.673. The van der Waals surface area contributed by atoms with Gasteiger partial charge in [0.05, 0.1) is 4.92 Å². The highest BCUT2D eigenvalue weighted by molar-refractivity contribution is 5.33. The summed E-state index contributed by atoms with van der Waals surface area (Å²) in [5.41, 5.74) is 7.95. The van der Waals surface area contributed by atoms with Crippen molar-refractivity contribution in [3.05, 3.63) is 39.9 Å². The van der Waals surface area contributed by atoms with E-state index in [-0.39, 0.29) is 16.7 Å². The van der Waals surface area contributed by atoms with Gasteiger partial charge in [0, 0.05) is 18.2 Å². The summed E-state index contributed by atoms with van der Waals surface area (Å²) >= 11 is 0. The van der Waals surface area contributed by atoms with Gasteiger partial charge in [-0.25, -0.2) is 0 Å². The number of non-ortho nitro benzene ring substituents is 1. The number of nitro groups is 1. The summed E-state index contributed by atoms with van der Waals surface area (Å²) in [6, 6.07) is 6.91. The van der Waals surface area contributed by atoms with Gasteiger partial charge in [0.15, 0.2) is 0 Å². The highest BCUT2D eigenvalue weighted by Crippen LogP contribution is 2.42. The molecular weight excluding hydrogens is 252 g/mol. The largest absolute Gasteiger partial charge is 0.327 e. The Hall–Kier alpha value is -1.42. The molecule has 1 aliphatic rings. The van der Waals surface area contributed by atoms with Crippen molar-refractivity contribution in [2.75, 3.05) is 0 Å². The third-order valence-electron chi connectivity index (χ3n) is 4.73. The van der Waals surface area contributed by atoms with Crippen LogP contribution in [0.2, 0.25) is 0 Å². The molecule has 0 saturated heterocycles. The van der Waals surface area contributed by atoms with Gasteiger partial charge in [0.2, 0.25) is 0 Å². The molecule has 1 saturated carbocycles. The fourth-order valence-corrected chi connectivity index (χ4v) is 3.48. The molecule has 0 aliphatic heterocycles. The molecule has 1 fully saturated rings. The molecule has 2 rings (SSSR count). The van der Waals surface area contributed by atoms with Crippen LogP contribution in [-0.2, 0) is 6.42 Å². The number of benzene rings is 1. The first-order valence-corrected chi connectivity index (χ1v) is 7.39. The van der Waals surface area contributed by atoms with Crippen molar-refractivity contribution in [1.29, 1.82) is 0 Å². The van der Waals surface area contributed by atoms with Crippen molar-refractivity contribution >= 4 is 5.69 Å². The first kappa shape index (κ1) is 15.0. The predicted molar refractivity (Wildman–Crippen MR) is 80.5 cm³/mol. The van der Waals surface area contributed by atoms with Crippen LogP contribution in [0.3, 0.4) is 0 Å². The molecule has 2 unspecified atom stereocenters. The highest BCUT2D eigenvalue weighted by atomic mass is 16.6. The molecule has 0 heterocycles. The van der Waals surface area contributed by atoms with Crippen molar-refractivity contribution in [2.24, 2.45) is 17.1 Å². The maximum atomic E-state index is 10.6. The molecule has 0 spiro atoms. The fraction of sp³-hybridized carbons (Fsp3) is 0.625. The molecule has 0 radical (unpaired) electrons. The van der Waals surface area contributed by atoms with Crippen LogP contribution in [0.15, 0.2) is 24.3 Å². The Labute approximate surface area is 120 Å². The number of nitrogens with two attached hydrogens (primary N) is 1. The monoisotopic (exact) mass is 276 g/mol. The number of hydrogen-bond acceptors (Lipinski definition) is 3. The maximum Gasteiger partial charge on any atom is 0.269 e. The average Bonchev–Trinajstić information content (AvgIpc) is 2.38. The summed E-state index contributed by atoms with van der Waals surface area (Å²) in [5.74, 6) is 0.534. The number of nitro benzene ring substituents is 1. The zero-order chi connectivity index (χ0) is 14.8. The Morgan fingerprint density at radius 2 is 2.00 bits per heavy atom. The van der Waals surface area contributed by atoms with Crippen LogP contribution in [0.1, 0.15) is 45.1 Å². The molecular formula is C16H24N2O2. The van der Waals surface area contributed by atoms with E-state index in [1.165, 1.54) is 25.7 Å².